The van der Waals surface area contributed by atoms with Gasteiger partial charge < -0.3 is 10.1 Å². The summed E-state index contributed by atoms with van der Waals surface area (Å²) in [6, 6.07) is 0. The molecule has 4 nitrogen and oxygen atoms in total. The average molecular weight is 334 g/mol. The summed E-state index contributed by atoms with van der Waals surface area (Å²) in [5.41, 5.74) is 0.899. The molecule has 0 unspecified atom stereocenters. The van der Waals surface area contributed by atoms with Crippen LogP contribution >= 0.6 is 27.7 Å². The lowest BCUT2D eigenvalue weighted by Crippen LogP contribution is -2.08. The van der Waals surface area contributed by atoms with Crippen LogP contribution in [0.3, 0.4) is 0 Å². The van der Waals surface area contributed by atoms with Crippen LogP contribution < -0.4 is 5.32 Å². The Morgan fingerprint density at radius 3 is 2.72 bits per heavy atom. The number of hydrogen-bond acceptors (Lipinski definition) is 5. The minimum Gasteiger partial charge on any atom is -0.378 e. The first kappa shape index (κ1) is 15.7. The Balaban J connectivity index is 2.88. The molecule has 0 radical (unpaired) electrons. The lowest BCUT2D eigenvalue weighted by molar-refractivity contribution is 0.180. The van der Waals surface area contributed by atoms with E-state index >= 15 is 0 Å². The zero-order chi connectivity index (χ0) is 13.4. The normalized spacial score (nSPS) is 10.7. The fourth-order valence-corrected chi connectivity index (χ4v) is 2.61. The maximum absolute atomic E-state index is 5.17. The predicted molar refractivity (Wildman–Crippen MR) is 81.1 cm³/mol. The van der Waals surface area contributed by atoms with E-state index in [-0.39, 0.29) is 0 Å². The van der Waals surface area contributed by atoms with Crippen molar-refractivity contribution in [3.05, 3.63) is 16.0 Å². The molecule has 0 aliphatic carbocycles. The van der Waals surface area contributed by atoms with Crippen molar-refractivity contribution in [3.8, 4) is 0 Å². The van der Waals surface area contributed by atoms with Crippen molar-refractivity contribution >= 4 is 33.5 Å². The molecule has 0 saturated carbocycles. The van der Waals surface area contributed by atoms with Gasteiger partial charge in [0.05, 0.1) is 22.5 Å². The molecular formula is C12H20BrN3OS. The Morgan fingerprint density at radius 1 is 1.33 bits per heavy atom. The maximum atomic E-state index is 5.17. The monoisotopic (exact) mass is 333 g/mol. The lowest BCUT2D eigenvalue weighted by Gasteiger charge is -2.11. The molecule has 0 aliphatic rings. The van der Waals surface area contributed by atoms with E-state index in [1.54, 1.807) is 7.11 Å². The van der Waals surface area contributed by atoms with E-state index in [0.717, 1.165) is 39.9 Å². The summed E-state index contributed by atoms with van der Waals surface area (Å²) in [6.45, 7) is 5.56. The van der Waals surface area contributed by atoms with Gasteiger partial charge in [-0.05, 0) is 35.0 Å². The molecular weight excluding hydrogens is 314 g/mol. The van der Waals surface area contributed by atoms with Crippen LogP contribution in [0.4, 0.5) is 5.82 Å². The van der Waals surface area contributed by atoms with Crippen LogP contribution in [0.15, 0.2) is 4.47 Å². The van der Waals surface area contributed by atoms with Crippen LogP contribution in [0.5, 0.6) is 0 Å². The van der Waals surface area contributed by atoms with Crippen molar-refractivity contribution in [1.29, 1.82) is 0 Å². The molecule has 0 amide bonds. The zero-order valence-corrected chi connectivity index (χ0v) is 13.5. The molecule has 0 fully saturated rings. The number of aromatic nitrogens is 2. The first-order valence-corrected chi connectivity index (χ1v) is 8.03. The van der Waals surface area contributed by atoms with Gasteiger partial charge in [0.15, 0.2) is 0 Å². The Kier molecular flexibility index (Phi) is 7.62. The highest BCUT2D eigenvalue weighted by atomic mass is 79.9. The van der Waals surface area contributed by atoms with Crippen LogP contribution in [0.1, 0.15) is 31.8 Å². The Hall–Kier alpha value is -0.330. The van der Waals surface area contributed by atoms with Gasteiger partial charge in [-0.15, -0.1) is 0 Å². The highest BCUT2D eigenvalue weighted by molar-refractivity contribution is 9.10. The zero-order valence-electron chi connectivity index (χ0n) is 11.1. The lowest BCUT2D eigenvalue weighted by atomic mass is 10.4. The highest BCUT2D eigenvalue weighted by Crippen LogP contribution is 2.25. The van der Waals surface area contributed by atoms with Crippen molar-refractivity contribution in [1.82, 2.24) is 9.97 Å². The third-order valence-electron chi connectivity index (χ3n) is 2.17. The molecule has 18 heavy (non-hydrogen) atoms. The molecule has 1 N–H and O–H groups in total. The summed E-state index contributed by atoms with van der Waals surface area (Å²) in [4.78, 5) is 9.06. The molecule has 102 valence electrons. The van der Waals surface area contributed by atoms with E-state index in [0.29, 0.717) is 6.61 Å². The largest absolute Gasteiger partial charge is 0.378 e. The van der Waals surface area contributed by atoms with E-state index in [1.165, 1.54) is 6.42 Å². The van der Waals surface area contributed by atoms with Crippen LogP contribution in [0, 0.1) is 0 Å². The third-order valence-corrected chi connectivity index (χ3v) is 4.16. The molecule has 0 saturated heterocycles. The van der Waals surface area contributed by atoms with Crippen LogP contribution in [-0.2, 0) is 17.1 Å². The van der Waals surface area contributed by atoms with Crippen molar-refractivity contribution in [3.63, 3.8) is 0 Å². The molecule has 0 aliphatic heterocycles. The van der Waals surface area contributed by atoms with Crippen LogP contribution in [-0.4, -0.2) is 29.4 Å². The van der Waals surface area contributed by atoms with E-state index in [4.69, 9.17) is 4.74 Å². The number of nitrogens with one attached hydrogen (secondary N) is 1. The number of nitrogens with zero attached hydrogens (tertiary/aromatic N) is 2. The number of thioether (sulfide) groups is 1. The Morgan fingerprint density at radius 2 is 2.11 bits per heavy atom. The molecule has 1 aromatic rings. The molecule has 0 bridgehead atoms. The number of methoxy groups -OCH3 is 1. The van der Waals surface area contributed by atoms with Gasteiger partial charge in [0.25, 0.3) is 0 Å². The second-order valence-corrected chi connectivity index (χ2v) is 5.66. The third kappa shape index (κ3) is 4.74. The Bertz CT molecular complexity index is 349. The number of halogens is 1. The highest BCUT2D eigenvalue weighted by Gasteiger charge is 2.11. The van der Waals surface area contributed by atoms with Crippen molar-refractivity contribution in [2.45, 2.75) is 32.6 Å². The second-order valence-electron chi connectivity index (χ2n) is 3.77. The van der Waals surface area contributed by atoms with Gasteiger partial charge >= 0.3 is 0 Å². The smallest absolute Gasteiger partial charge is 0.144 e. The van der Waals surface area contributed by atoms with Crippen molar-refractivity contribution < 1.29 is 4.74 Å². The summed E-state index contributed by atoms with van der Waals surface area (Å²) >= 11 is 5.38. The number of hydrogen-bond donors (Lipinski definition) is 1. The minimum absolute atomic E-state index is 0.493. The van der Waals surface area contributed by atoms with Gasteiger partial charge in [0, 0.05) is 13.7 Å². The van der Waals surface area contributed by atoms with Gasteiger partial charge in [-0.2, -0.15) is 11.8 Å². The van der Waals surface area contributed by atoms with E-state index in [9.17, 15) is 0 Å². The molecule has 1 aromatic heterocycles. The molecule has 0 aromatic carbocycles. The standard InChI is InChI=1S/C12H20BrN3OS/c1-4-6-18-8-10-15-9(7-17-3)11(13)12(16-10)14-5-2/h4-8H2,1-3H3,(H,14,15,16). The van der Waals surface area contributed by atoms with Gasteiger partial charge in [-0.25, -0.2) is 9.97 Å². The first-order valence-electron chi connectivity index (χ1n) is 6.08. The molecule has 1 rings (SSSR count). The number of anilines is 1. The van der Waals surface area contributed by atoms with E-state index < -0.39 is 0 Å². The van der Waals surface area contributed by atoms with E-state index in [1.807, 2.05) is 11.8 Å². The summed E-state index contributed by atoms with van der Waals surface area (Å²) in [5, 5.41) is 3.24. The summed E-state index contributed by atoms with van der Waals surface area (Å²) in [5.74, 6) is 3.69. The molecule has 1 heterocycles. The summed E-state index contributed by atoms with van der Waals surface area (Å²) in [6.07, 6.45) is 1.17. The minimum atomic E-state index is 0.493. The van der Waals surface area contributed by atoms with Crippen LogP contribution in [0.2, 0.25) is 0 Å². The quantitative estimate of drug-likeness (QED) is 0.738. The van der Waals surface area contributed by atoms with Gasteiger partial charge in [-0.1, -0.05) is 6.92 Å². The van der Waals surface area contributed by atoms with Gasteiger partial charge in [0.2, 0.25) is 0 Å². The van der Waals surface area contributed by atoms with Gasteiger partial charge in [-0.3, -0.25) is 0 Å². The number of rotatable bonds is 8. The second kappa shape index (κ2) is 8.72. The SMILES string of the molecule is CCCSCc1nc(COC)c(Br)c(NCC)n1. The summed E-state index contributed by atoms with van der Waals surface area (Å²) < 4.78 is 6.07. The Labute approximate surface area is 121 Å². The van der Waals surface area contributed by atoms with Crippen molar-refractivity contribution in [2.24, 2.45) is 0 Å². The summed E-state index contributed by atoms with van der Waals surface area (Å²) in [7, 11) is 1.67. The fraction of sp³-hybridized carbons (Fsp3) is 0.667. The average Bonchev–Trinajstić information content (AvgIpc) is 2.35. The number of ether oxygens (including phenoxy) is 1. The first-order chi connectivity index (χ1) is 8.72. The van der Waals surface area contributed by atoms with Gasteiger partial charge in [0.1, 0.15) is 11.6 Å². The maximum Gasteiger partial charge on any atom is 0.144 e. The predicted octanol–water partition coefficient (Wildman–Crippen LogP) is 3.46. The fourth-order valence-electron chi connectivity index (χ4n) is 1.43. The topological polar surface area (TPSA) is 47.0 Å². The molecule has 6 heteroatoms. The van der Waals surface area contributed by atoms with Crippen molar-refractivity contribution in [2.75, 3.05) is 24.7 Å². The molecule has 0 spiro atoms. The van der Waals surface area contributed by atoms with Crippen LogP contribution in [0.25, 0.3) is 0 Å². The molecule has 0 atom stereocenters. The van der Waals surface area contributed by atoms with E-state index in [2.05, 4.69) is 45.1 Å².